The van der Waals surface area contributed by atoms with Gasteiger partial charge in [0.2, 0.25) is 0 Å². The van der Waals surface area contributed by atoms with Crippen LogP contribution in [0.15, 0.2) is 47.6 Å². The van der Waals surface area contributed by atoms with Crippen LogP contribution in [0.3, 0.4) is 0 Å². The Hall–Kier alpha value is -1.81. The van der Waals surface area contributed by atoms with Gasteiger partial charge in [-0.25, -0.2) is 4.99 Å². The molecule has 1 aromatic rings. The van der Waals surface area contributed by atoms with E-state index in [0.29, 0.717) is 12.7 Å². The zero-order valence-corrected chi connectivity index (χ0v) is 11.5. The molecule has 0 fully saturated rings. The van der Waals surface area contributed by atoms with Crippen LogP contribution in [0.25, 0.3) is 0 Å². The molecule has 4 nitrogen and oxygen atoms in total. The summed E-state index contributed by atoms with van der Waals surface area (Å²) in [5.41, 5.74) is 1.06. The van der Waals surface area contributed by atoms with E-state index < -0.39 is 0 Å². The maximum atomic E-state index is 9.50. The number of aliphatic hydroxyl groups excluding tert-OH is 1. The van der Waals surface area contributed by atoms with Crippen molar-refractivity contribution in [2.45, 2.75) is 25.9 Å². The number of nitrogens with one attached hydrogen (secondary N) is 1. The summed E-state index contributed by atoms with van der Waals surface area (Å²) in [6.45, 7) is 4.98. The van der Waals surface area contributed by atoms with Gasteiger partial charge in [0, 0.05) is 12.2 Å². The predicted molar refractivity (Wildman–Crippen MR) is 77.8 cm³/mol. The molecule has 4 heteroatoms. The van der Waals surface area contributed by atoms with E-state index in [-0.39, 0.29) is 12.6 Å². The molecule has 0 bridgehead atoms. The van der Waals surface area contributed by atoms with Gasteiger partial charge in [0.1, 0.15) is 12.5 Å². The topological polar surface area (TPSA) is 47.9 Å². The first-order chi connectivity index (χ1) is 9.20. The lowest BCUT2D eigenvalue weighted by molar-refractivity contribution is 0.257. The third-order valence-corrected chi connectivity index (χ3v) is 3.20. The fourth-order valence-electron chi connectivity index (χ4n) is 1.95. The normalized spacial score (nSPS) is 16.4. The third kappa shape index (κ3) is 3.58. The van der Waals surface area contributed by atoms with Crippen LogP contribution in [-0.2, 0) is 0 Å². The van der Waals surface area contributed by atoms with Gasteiger partial charge in [0.15, 0.2) is 0 Å². The van der Waals surface area contributed by atoms with Gasteiger partial charge in [-0.3, -0.25) is 0 Å². The van der Waals surface area contributed by atoms with Crippen LogP contribution >= 0.6 is 0 Å². The first-order valence-electron chi connectivity index (χ1n) is 6.61. The second kappa shape index (κ2) is 6.38. The van der Waals surface area contributed by atoms with Crippen molar-refractivity contribution in [3.63, 3.8) is 0 Å². The van der Waals surface area contributed by atoms with Crippen molar-refractivity contribution in [2.24, 2.45) is 4.99 Å². The van der Waals surface area contributed by atoms with Gasteiger partial charge in [0.05, 0.1) is 12.6 Å². The van der Waals surface area contributed by atoms with Crippen LogP contribution in [0.1, 0.15) is 25.5 Å². The standard InChI is InChI=1S/C15H21N3O/c1-12(2)18-9-8-15(16-11-18)17-14(10-19)13-6-4-3-5-7-13/h3-9,12,14,19H,10-11H2,1-2H3,(H,16,17). The Morgan fingerprint density at radius 1 is 1.32 bits per heavy atom. The van der Waals surface area contributed by atoms with Crippen LogP contribution < -0.4 is 5.32 Å². The zero-order valence-electron chi connectivity index (χ0n) is 11.5. The molecule has 0 aliphatic carbocycles. The van der Waals surface area contributed by atoms with Crippen LogP contribution in [-0.4, -0.2) is 35.2 Å². The minimum absolute atomic E-state index is 0.0464. The zero-order chi connectivity index (χ0) is 13.7. The number of hydrogen-bond acceptors (Lipinski definition) is 4. The summed E-state index contributed by atoms with van der Waals surface area (Å²) < 4.78 is 0. The smallest absolute Gasteiger partial charge is 0.124 e. The van der Waals surface area contributed by atoms with Crippen LogP contribution in [0.4, 0.5) is 0 Å². The van der Waals surface area contributed by atoms with E-state index >= 15 is 0 Å². The molecular formula is C15H21N3O. The molecule has 1 atom stereocenters. The second-order valence-electron chi connectivity index (χ2n) is 4.90. The van der Waals surface area contributed by atoms with E-state index in [0.717, 1.165) is 11.4 Å². The highest BCUT2D eigenvalue weighted by Gasteiger charge is 2.13. The van der Waals surface area contributed by atoms with Crippen molar-refractivity contribution in [3.05, 3.63) is 48.2 Å². The Morgan fingerprint density at radius 2 is 2.05 bits per heavy atom. The molecule has 2 rings (SSSR count). The monoisotopic (exact) mass is 259 g/mol. The van der Waals surface area contributed by atoms with Crippen molar-refractivity contribution in [3.8, 4) is 0 Å². The second-order valence-corrected chi connectivity index (χ2v) is 4.90. The SMILES string of the molecule is CC(C)N1C=CC(NC(CO)c2ccccc2)=NC1. The minimum atomic E-state index is -0.116. The Labute approximate surface area is 114 Å². The third-order valence-electron chi connectivity index (χ3n) is 3.20. The molecule has 0 amide bonds. The van der Waals surface area contributed by atoms with Crippen molar-refractivity contribution >= 4 is 5.84 Å². The van der Waals surface area contributed by atoms with E-state index in [4.69, 9.17) is 0 Å². The number of aliphatic hydroxyl groups is 1. The molecule has 0 aromatic heterocycles. The van der Waals surface area contributed by atoms with Gasteiger partial charge >= 0.3 is 0 Å². The number of benzene rings is 1. The Bertz CT molecular complexity index is 454. The Kier molecular flexibility index (Phi) is 4.58. The molecule has 0 spiro atoms. The molecule has 0 radical (unpaired) electrons. The molecule has 1 heterocycles. The summed E-state index contributed by atoms with van der Waals surface area (Å²) in [6, 6.07) is 10.2. The highest BCUT2D eigenvalue weighted by Crippen LogP contribution is 2.13. The minimum Gasteiger partial charge on any atom is -0.394 e. The van der Waals surface area contributed by atoms with E-state index in [9.17, 15) is 5.11 Å². The average molecular weight is 259 g/mol. The Morgan fingerprint density at radius 3 is 2.58 bits per heavy atom. The van der Waals surface area contributed by atoms with Crippen molar-refractivity contribution in [1.82, 2.24) is 10.2 Å². The van der Waals surface area contributed by atoms with Gasteiger partial charge in [-0.1, -0.05) is 30.3 Å². The van der Waals surface area contributed by atoms with Gasteiger partial charge in [-0.05, 0) is 25.5 Å². The van der Waals surface area contributed by atoms with Crippen LogP contribution in [0.5, 0.6) is 0 Å². The van der Waals surface area contributed by atoms with Crippen LogP contribution in [0.2, 0.25) is 0 Å². The summed E-state index contributed by atoms with van der Waals surface area (Å²) in [4.78, 5) is 6.63. The number of hydrogen-bond donors (Lipinski definition) is 2. The van der Waals surface area contributed by atoms with E-state index in [1.54, 1.807) is 0 Å². The Balaban J connectivity index is 1.99. The van der Waals surface area contributed by atoms with Gasteiger partial charge < -0.3 is 15.3 Å². The van der Waals surface area contributed by atoms with E-state index in [2.05, 4.69) is 29.1 Å². The molecule has 0 saturated heterocycles. The van der Waals surface area contributed by atoms with Crippen molar-refractivity contribution in [2.75, 3.05) is 13.3 Å². The number of nitrogens with zero attached hydrogens (tertiary/aromatic N) is 2. The summed E-state index contributed by atoms with van der Waals surface area (Å²) in [5.74, 6) is 0.819. The van der Waals surface area contributed by atoms with Gasteiger partial charge in [-0.15, -0.1) is 0 Å². The van der Waals surface area contributed by atoms with Gasteiger partial charge in [-0.2, -0.15) is 0 Å². The molecule has 1 aliphatic rings. The summed E-state index contributed by atoms with van der Waals surface area (Å²) in [7, 11) is 0. The average Bonchev–Trinajstić information content (AvgIpc) is 2.46. The summed E-state index contributed by atoms with van der Waals surface area (Å²) in [6.07, 6.45) is 3.99. The lowest BCUT2D eigenvalue weighted by Gasteiger charge is -2.27. The molecule has 1 aliphatic heterocycles. The summed E-state index contributed by atoms with van der Waals surface area (Å²) >= 11 is 0. The summed E-state index contributed by atoms with van der Waals surface area (Å²) in [5, 5.41) is 12.8. The molecule has 0 saturated carbocycles. The lowest BCUT2D eigenvalue weighted by Crippen LogP contribution is -2.35. The number of rotatable bonds is 4. The quantitative estimate of drug-likeness (QED) is 0.868. The van der Waals surface area contributed by atoms with E-state index in [1.165, 1.54) is 0 Å². The highest BCUT2D eigenvalue weighted by molar-refractivity contribution is 5.93. The maximum absolute atomic E-state index is 9.50. The largest absolute Gasteiger partial charge is 0.394 e. The molecular weight excluding hydrogens is 238 g/mol. The van der Waals surface area contributed by atoms with Crippen molar-refractivity contribution in [1.29, 1.82) is 0 Å². The molecule has 19 heavy (non-hydrogen) atoms. The first kappa shape index (κ1) is 13.6. The molecule has 2 N–H and O–H groups in total. The lowest BCUT2D eigenvalue weighted by atomic mass is 10.1. The first-order valence-corrected chi connectivity index (χ1v) is 6.61. The number of aliphatic imine (C=N–C) groups is 1. The van der Waals surface area contributed by atoms with Gasteiger partial charge in [0.25, 0.3) is 0 Å². The van der Waals surface area contributed by atoms with E-state index in [1.807, 2.05) is 42.6 Å². The fraction of sp³-hybridized carbons (Fsp3) is 0.400. The van der Waals surface area contributed by atoms with Crippen molar-refractivity contribution < 1.29 is 5.11 Å². The molecule has 102 valence electrons. The molecule has 1 aromatic carbocycles. The van der Waals surface area contributed by atoms with Crippen LogP contribution in [0, 0.1) is 0 Å². The highest BCUT2D eigenvalue weighted by atomic mass is 16.3. The fourth-order valence-corrected chi connectivity index (χ4v) is 1.95. The molecule has 1 unspecified atom stereocenters. The number of amidine groups is 1. The maximum Gasteiger partial charge on any atom is 0.124 e. The predicted octanol–water partition coefficient (Wildman–Crippen LogP) is 1.90.